The van der Waals surface area contributed by atoms with E-state index in [1.165, 1.54) is 5.56 Å². The van der Waals surface area contributed by atoms with Crippen LogP contribution in [0.25, 0.3) is 0 Å². The zero-order valence-corrected chi connectivity index (χ0v) is 6.22. The highest BCUT2D eigenvalue weighted by Gasteiger charge is 1.94. The fraction of sp³-hybridized carbons (Fsp3) is 0.333. The lowest BCUT2D eigenvalue weighted by Crippen LogP contribution is -1.91. The minimum atomic E-state index is 0.407. The highest BCUT2D eigenvalue weighted by molar-refractivity contribution is 5.26. The molecule has 0 spiro atoms. The van der Waals surface area contributed by atoms with E-state index in [4.69, 9.17) is 5.73 Å². The fourth-order valence-electron chi connectivity index (χ4n) is 1.07. The average Bonchev–Trinajstić information content (AvgIpc) is 2.04. The fourth-order valence-corrected chi connectivity index (χ4v) is 1.07. The maximum absolute atomic E-state index is 7.19. The summed E-state index contributed by atoms with van der Waals surface area (Å²) in [5.74, 6) is 0. The van der Waals surface area contributed by atoms with Gasteiger partial charge in [0.05, 0.1) is 0 Å². The van der Waals surface area contributed by atoms with Gasteiger partial charge in [-0.1, -0.05) is 31.2 Å². The van der Waals surface area contributed by atoms with Crippen LogP contribution >= 0.6 is 0 Å². The van der Waals surface area contributed by atoms with E-state index in [1.54, 1.807) is 0 Å². The van der Waals surface area contributed by atoms with Crippen molar-refractivity contribution in [3.05, 3.63) is 35.4 Å². The van der Waals surface area contributed by atoms with E-state index in [0.717, 1.165) is 12.0 Å². The van der Waals surface area contributed by atoms with Gasteiger partial charge in [0.15, 0.2) is 0 Å². The summed E-state index contributed by atoms with van der Waals surface area (Å²) in [6.45, 7) is 2.53. The number of nitrogens with one attached hydrogen (secondary N) is 1. The van der Waals surface area contributed by atoms with Gasteiger partial charge >= 0.3 is 0 Å². The quantitative estimate of drug-likeness (QED) is 0.591. The van der Waals surface area contributed by atoms with Crippen LogP contribution in [0.4, 0.5) is 0 Å². The van der Waals surface area contributed by atoms with Crippen LogP contribution in [0.15, 0.2) is 24.3 Å². The van der Waals surface area contributed by atoms with Crippen LogP contribution < -0.4 is 5.73 Å². The standard InChI is InChI=1S/C9H12N/c1-2-8-5-3-4-6-9(8)7-10/h3-6,10H,2,7H2,1H3. The number of hydrogen-bond donors (Lipinski definition) is 0. The molecule has 1 aromatic rings. The van der Waals surface area contributed by atoms with Crippen LogP contribution in [0.1, 0.15) is 18.1 Å². The lowest BCUT2D eigenvalue weighted by molar-refractivity contribution is 0.976. The maximum Gasteiger partial charge on any atom is 0.0353 e. The van der Waals surface area contributed by atoms with Crippen molar-refractivity contribution < 1.29 is 0 Å². The summed E-state index contributed by atoms with van der Waals surface area (Å²) in [6.07, 6.45) is 1.04. The summed E-state index contributed by atoms with van der Waals surface area (Å²) in [4.78, 5) is 0. The third-order valence-electron chi connectivity index (χ3n) is 1.69. The predicted octanol–water partition coefficient (Wildman–Crippen LogP) is 2.03. The van der Waals surface area contributed by atoms with Crippen molar-refractivity contribution in [3.63, 3.8) is 0 Å². The van der Waals surface area contributed by atoms with E-state index in [2.05, 4.69) is 13.0 Å². The minimum absolute atomic E-state index is 0.407. The molecule has 0 unspecified atom stereocenters. The maximum atomic E-state index is 7.19. The van der Waals surface area contributed by atoms with Crippen LogP contribution in [0.2, 0.25) is 0 Å². The van der Waals surface area contributed by atoms with E-state index in [0.29, 0.717) is 6.54 Å². The van der Waals surface area contributed by atoms with Gasteiger partial charge in [-0.15, -0.1) is 0 Å². The molecule has 53 valence electrons. The second-order valence-corrected chi connectivity index (χ2v) is 2.30. The summed E-state index contributed by atoms with van der Waals surface area (Å²) in [7, 11) is 0. The van der Waals surface area contributed by atoms with E-state index >= 15 is 0 Å². The first-order chi connectivity index (χ1) is 4.88. The monoisotopic (exact) mass is 134 g/mol. The molecule has 0 bridgehead atoms. The molecule has 1 rings (SSSR count). The Kier molecular flexibility index (Phi) is 2.46. The molecule has 1 aromatic carbocycles. The van der Waals surface area contributed by atoms with Gasteiger partial charge in [0.25, 0.3) is 0 Å². The Morgan fingerprint density at radius 2 is 1.80 bits per heavy atom. The van der Waals surface area contributed by atoms with Gasteiger partial charge in [-0.2, -0.15) is 0 Å². The van der Waals surface area contributed by atoms with E-state index in [9.17, 15) is 0 Å². The Bertz CT molecular complexity index is 183. The van der Waals surface area contributed by atoms with Gasteiger partial charge in [0.2, 0.25) is 0 Å². The van der Waals surface area contributed by atoms with Gasteiger partial charge in [-0.3, -0.25) is 5.73 Å². The zero-order valence-electron chi connectivity index (χ0n) is 6.22. The number of benzene rings is 1. The molecule has 0 amide bonds. The van der Waals surface area contributed by atoms with Crippen LogP contribution in [0.5, 0.6) is 0 Å². The van der Waals surface area contributed by atoms with Crippen molar-refractivity contribution >= 4 is 0 Å². The Morgan fingerprint density at radius 3 is 2.20 bits per heavy atom. The molecular weight excluding hydrogens is 122 g/mol. The van der Waals surface area contributed by atoms with Crippen LogP contribution in [-0.4, -0.2) is 0 Å². The zero-order chi connectivity index (χ0) is 7.40. The molecule has 1 heteroatoms. The Labute approximate surface area is 61.9 Å². The molecule has 0 fully saturated rings. The van der Waals surface area contributed by atoms with Gasteiger partial charge < -0.3 is 0 Å². The Morgan fingerprint density at radius 1 is 1.20 bits per heavy atom. The lowest BCUT2D eigenvalue weighted by atomic mass is 10.1. The Hall–Kier alpha value is -0.820. The molecule has 0 aliphatic heterocycles. The first kappa shape index (κ1) is 7.29. The normalized spacial score (nSPS) is 9.80. The van der Waals surface area contributed by atoms with Crippen LogP contribution in [0.3, 0.4) is 0 Å². The van der Waals surface area contributed by atoms with Crippen molar-refractivity contribution in [1.29, 1.82) is 0 Å². The van der Waals surface area contributed by atoms with Gasteiger partial charge in [0.1, 0.15) is 0 Å². The van der Waals surface area contributed by atoms with Crippen molar-refractivity contribution in [2.75, 3.05) is 0 Å². The number of rotatable bonds is 2. The summed E-state index contributed by atoms with van der Waals surface area (Å²) < 4.78 is 0. The van der Waals surface area contributed by atoms with E-state index < -0.39 is 0 Å². The predicted molar refractivity (Wildman–Crippen MR) is 42.6 cm³/mol. The summed E-state index contributed by atoms with van der Waals surface area (Å²) in [6, 6.07) is 8.12. The van der Waals surface area contributed by atoms with E-state index in [1.807, 2.05) is 18.2 Å². The van der Waals surface area contributed by atoms with Gasteiger partial charge in [-0.05, 0) is 17.5 Å². The SMILES string of the molecule is CCc1ccccc1C[NH]. The van der Waals surface area contributed by atoms with Crippen LogP contribution in [-0.2, 0) is 13.0 Å². The first-order valence-electron chi connectivity index (χ1n) is 3.60. The van der Waals surface area contributed by atoms with Crippen molar-refractivity contribution in [2.24, 2.45) is 0 Å². The van der Waals surface area contributed by atoms with Crippen molar-refractivity contribution in [1.82, 2.24) is 5.73 Å². The molecule has 0 atom stereocenters. The van der Waals surface area contributed by atoms with Gasteiger partial charge in [0, 0.05) is 6.54 Å². The van der Waals surface area contributed by atoms with Crippen molar-refractivity contribution in [3.8, 4) is 0 Å². The smallest absolute Gasteiger partial charge is 0.0353 e. The topological polar surface area (TPSA) is 23.8 Å². The third-order valence-corrected chi connectivity index (χ3v) is 1.69. The molecule has 1 radical (unpaired) electrons. The second kappa shape index (κ2) is 3.37. The lowest BCUT2D eigenvalue weighted by Gasteiger charge is -2.01. The summed E-state index contributed by atoms with van der Waals surface area (Å²) >= 11 is 0. The highest BCUT2D eigenvalue weighted by atomic mass is 14.5. The first-order valence-corrected chi connectivity index (χ1v) is 3.60. The third kappa shape index (κ3) is 1.36. The van der Waals surface area contributed by atoms with Crippen LogP contribution in [0, 0.1) is 0 Å². The van der Waals surface area contributed by atoms with Gasteiger partial charge in [-0.25, -0.2) is 0 Å². The molecule has 0 aliphatic carbocycles. The molecule has 1 nitrogen and oxygen atoms in total. The van der Waals surface area contributed by atoms with E-state index in [-0.39, 0.29) is 0 Å². The number of hydrogen-bond acceptors (Lipinski definition) is 0. The summed E-state index contributed by atoms with van der Waals surface area (Å²) in [5.41, 5.74) is 9.65. The molecule has 0 heterocycles. The molecule has 0 aromatic heterocycles. The molecule has 0 saturated heterocycles. The van der Waals surface area contributed by atoms with Crippen molar-refractivity contribution in [2.45, 2.75) is 19.9 Å². The average molecular weight is 134 g/mol. The minimum Gasteiger partial charge on any atom is -0.253 e. The Balaban J connectivity index is 2.96. The highest BCUT2D eigenvalue weighted by Crippen LogP contribution is 2.07. The largest absolute Gasteiger partial charge is 0.253 e. The molecular formula is C9H12N. The second-order valence-electron chi connectivity index (χ2n) is 2.30. The molecule has 0 saturated carbocycles. The molecule has 1 N–H and O–H groups in total. The molecule has 0 aliphatic rings. The number of aryl methyl sites for hydroxylation is 1. The molecule has 10 heavy (non-hydrogen) atoms. The summed E-state index contributed by atoms with van der Waals surface area (Å²) in [5, 5.41) is 0.